The predicted octanol–water partition coefficient (Wildman–Crippen LogP) is 2.51. The summed E-state index contributed by atoms with van der Waals surface area (Å²) in [5.41, 5.74) is 0. The van der Waals surface area contributed by atoms with Crippen LogP contribution >= 0.6 is 35.2 Å². The summed E-state index contributed by atoms with van der Waals surface area (Å²) < 4.78 is 2.15. The number of nitrogens with zero attached hydrogens (tertiary/aromatic N) is 2. The van der Waals surface area contributed by atoms with E-state index in [9.17, 15) is 4.79 Å². The van der Waals surface area contributed by atoms with Crippen LogP contribution in [0.4, 0.5) is 5.82 Å². The van der Waals surface area contributed by atoms with Gasteiger partial charge in [0, 0.05) is 6.54 Å². The summed E-state index contributed by atoms with van der Waals surface area (Å²) in [6.07, 6.45) is 1.64. The maximum atomic E-state index is 11.2. The lowest BCUT2D eigenvalue weighted by molar-refractivity contribution is -0.114. The first-order valence-electron chi connectivity index (χ1n) is 4.24. The number of hydrogen-bond donors (Lipinski definition) is 1. The quantitative estimate of drug-likeness (QED) is 0.521. The third-order valence-corrected chi connectivity index (χ3v) is 3.28. The van der Waals surface area contributed by atoms with Crippen molar-refractivity contribution in [3.8, 4) is 6.07 Å². The van der Waals surface area contributed by atoms with Crippen molar-refractivity contribution in [2.45, 2.75) is 6.54 Å². The number of anilines is 1. The molecule has 1 amide bonds. The van der Waals surface area contributed by atoms with Gasteiger partial charge in [0.15, 0.2) is 3.95 Å². The van der Waals surface area contributed by atoms with Crippen molar-refractivity contribution in [3.63, 3.8) is 0 Å². The highest BCUT2D eigenvalue weighted by Crippen LogP contribution is 2.24. The van der Waals surface area contributed by atoms with E-state index in [1.54, 1.807) is 10.6 Å². The molecule has 1 rings (SSSR count). The molecule has 0 aliphatic carbocycles. The Bertz CT molecular complexity index is 512. The normalized spacial score (nSPS) is 9.50. The lowest BCUT2D eigenvalue weighted by atomic mass is 10.4. The summed E-state index contributed by atoms with van der Waals surface area (Å²) in [7, 11) is 0. The molecule has 0 saturated carbocycles. The van der Waals surface area contributed by atoms with Crippen molar-refractivity contribution < 1.29 is 4.79 Å². The summed E-state index contributed by atoms with van der Waals surface area (Å²) in [4.78, 5) is 11.6. The van der Waals surface area contributed by atoms with E-state index in [-0.39, 0.29) is 11.8 Å². The van der Waals surface area contributed by atoms with Crippen LogP contribution in [0.3, 0.4) is 0 Å². The van der Waals surface area contributed by atoms with Crippen LogP contribution < -0.4 is 5.32 Å². The number of nitriles is 1. The fourth-order valence-electron chi connectivity index (χ4n) is 1.07. The Morgan fingerprint density at radius 3 is 3.00 bits per heavy atom. The molecular formula is C9H8ClN3OS2. The Morgan fingerprint density at radius 2 is 2.50 bits per heavy atom. The van der Waals surface area contributed by atoms with Crippen LogP contribution in [0.5, 0.6) is 0 Å². The molecule has 0 aromatic carbocycles. The lowest BCUT2D eigenvalue weighted by Gasteiger charge is -2.06. The number of rotatable bonds is 4. The van der Waals surface area contributed by atoms with Gasteiger partial charge < -0.3 is 9.88 Å². The van der Waals surface area contributed by atoms with Gasteiger partial charge in [-0.2, -0.15) is 5.26 Å². The van der Waals surface area contributed by atoms with E-state index < -0.39 is 0 Å². The van der Waals surface area contributed by atoms with Crippen LogP contribution in [0.25, 0.3) is 0 Å². The monoisotopic (exact) mass is 273 g/mol. The third kappa shape index (κ3) is 2.70. The van der Waals surface area contributed by atoms with Gasteiger partial charge in [0.2, 0.25) is 5.91 Å². The van der Waals surface area contributed by atoms with Gasteiger partial charge in [0.25, 0.3) is 0 Å². The third-order valence-electron chi connectivity index (χ3n) is 1.69. The molecule has 7 heteroatoms. The van der Waals surface area contributed by atoms with Crippen molar-refractivity contribution in [2.24, 2.45) is 0 Å². The van der Waals surface area contributed by atoms with Crippen LogP contribution in [-0.2, 0) is 11.3 Å². The minimum Gasteiger partial charge on any atom is -0.309 e. The smallest absolute Gasteiger partial charge is 0.240 e. The molecule has 0 aliphatic rings. The highest BCUT2D eigenvalue weighted by atomic mass is 35.5. The minimum absolute atomic E-state index is 0.165. The largest absolute Gasteiger partial charge is 0.309 e. The van der Waals surface area contributed by atoms with Crippen molar-refractivity contribution in [2.75, 3.05) is 11.2 Å². The SMILES string of the molecule is C=CCn1c(NC(=O)CCl)c(C#N)sc1=S. The first-order valence-corrected chi connectivity index (χ1v) is 6.00. The van der Waals surface area contributed by atoms with Crippen LogP contribution in [0.15, 0.2) is 12.7 Å². The molecule has 0 bridgehead atoms. The number of carbonyl (C=O) groups excluding carboxylic acids is 1. The highest BCUT2D eigenvalue weighted by Gasteiger charge is 2.13. The summed E-state index contributed by atoms with van der Waals surface area (Å²) in [5.74, 6) is -0.145. The first-order chi connectivity index (χ1) is 7.63. The number of carbonyl (C=O) groups is 1. The average Bonchev–Trinajstić information content (AvgIpc) is 2.57. The summed E-state index contributed by atoms with van der Waals surface area (Å²) in [6.45, 7) is 4.03. The second-order valence-corrected chi connectivity index (χ2v) is 4.65. The number of halogens is 1. The van der Waals surface area contributed by atoms with Gasteiger partial charge in [-0.15, -0.1) is 18.2 Å². The number of nitrogens with one attached hydrogen (secondary N) is 1. The molecule has 1 N–H and O–H groups in total. The zero-order chi connectivity index (χ0) is 12.1. The number of alkyl halides is 1. The highest BCUT2D eigenvalue weighted by molar-refractivity contribution is 7.73. The molecule has 4 nitrogen and oxygen atoms in total. The Hall–Kier alpha value is -1.16. The standard InChI is InChI=1S/C9H8ClN3OS2/c1-2-3-13-8(12-7(14)4-10)6(5-11)16-9(13)15/h2H,1,3-4H2,(H,12,14). The Labute approximate surface area is 107 Å². The Morgan fingerprint density at radius 1 is 1.81 bits per heavy atom. The van der Waals surface area contributed by atoms with E-state index in [0.29, 0.717) is 21.2 Å². The van der Waals surface area contributed by atoms with Crippen LogP contribution in [0.1, 0.15) is 4.88 Å². The van der Waals surface area contributed by atoms with Crippen LogP contribution in [0, 0.1) is 15.3 Å². The number of aromatic nitrogens is 1. The molecule has 0 atom stereocenters. The van der Waals surface area contributed by atoms with Gasteiger partial charge in [-0.25, -0.2) is 0 Å². The summed E-state index contributed by atoms with van der Waals surface area (Å²) in [5, 5.41) is 11.5. The maximum absolute atomic E-state index is 11.2. The van der Waals surface area contributed by atoms with Gasteiger partial charge in [-0.3, -0.25) is 4.79 Å². The molecule has 0 fully saturated rings. The Kier molecular flexibility index (Phi) is 4.68. The molecule has 16 heavy (non-hydrogen) atoms. The summed E-state index contributed by atoms with van der Waals surface area (Å²) in [6, 6.07) is 1.98. The zero-order valence-corrected chi connectivity index (χ0v) is 10.6. The number of allylic oxidation sites excluding steroid dienone is 1. The number of hydrogen-bond acceptors (Lipinski definition) is 4. The van der Waals surface area contributed by atoms with Crippen LogP contribution in [-0.4, -0.2) is 16.4 Å². The second-order valence-electron chi connectivity index (χ2n) is 2.74. The number of amides is 1. The lowest BCUT2D eigenvalue weighted by Crippen LogP contribution is -2.16. The molecule has 1 aromatic rings. The van der Waals surface area contributed by atoms with Crippen LogP contribution in [0.2, 0.25) is 0 Å². The van der Waals surface area contributed by atoms with E-state index in [2.05, 4.69) is 11.9 Å². The van der Waals surface area contributed by atoms with Gasteiger partial charge in [0.1, 0.15) is 22.6 Å². The van der Waals surface area contributed by atoms with E-state index in [4.69, 9.17) is 29.1 Å². The molecule has 0 saturated heterocycles. The first kappa shape index (κ1) is 12.9. The van der Waals surface area contributed by atoms with Gasteiger partial charge in [-0.05, 0) is 12.2 Å². The molecule has 0 radical (unpaired) electrons. The van der Waals surface area contributed by atoms with Crippen molar-refractivity contribution in [1.29, 1.82) is 5.26 Å². The molecule has 84 valence electrons. The predicted molar refractivity (Wildman–Crippen MR) is 67.4 cm³/mol. The zero-order valence-electron chi connectivity index (χ0n) is 8.20. The van der Waals surface area contributed by atoms with Crippen molar-refractivity contribution in [3.05, 3.63) is 21.5 Å². The minimum atomic E-state index is -0.372. The Balaban J connectivity index is 3.22. The molecule has 0 spiro atoms. The maximum Gasteiger partial charge on any atom is 0.240 e. The van der Waals surface area contributed by atoms with Gasteiger partial charge >= 0.3 is 0 Å². The molecule has 0 unspecified atom stereocenters. The fraction of sp³-hybridized carbons (Fsp3) is 0.222. The van der Waals surface area contributed by atoms with E-state index in [0.717, 1.165) is 11.3 Å². The molecular weight excluding hydrogens is 266 g/mol. The van der Waals surface area contributed by atoms with Gasteiger partial charge in [0.05, 0.1) is 0 Å². The molecule has 1 aromatic heterocycles. The van der Waals surface area contributed by atoms with Crippen molar-refractivity contribution >= 4 is 46.9 Å². The van der Waals surface area contributed by atoms with Crippen molar-refractivity contribution in [1.82, 2.24) is 4.57 Å². The summed E-state index contributed by atoms with van der Waals surface area (Å²) >= 11 is 11.6. The average molecular weight is 274 g/mol. The van der Waals surface area contributed by atoms with Gasteiger partial charge in [-0.1, -0.05) is 17.4 Å². The molecule has 1 heterocycles. The van der Waals surface area contributed by atoms with E-state index >= 15 is 0 Å². The number of thiazole rings is 1. The van der Waals surface area contributed by atoms with E-state index in [1.165, 1.54) is 0 Å². The molecule has 0 aliphatic heterocycles. The second kappa shape index (κ2) is 5.80. The fourth-order valence-corrected chi connectivity index (χ4v) is 2.30. The topological polar surface area (TPSA) is 57.8 Å². The van der Waals surface area contributed by atoms with E-state index in [1.807, 2.05) is 6.07 Å².